The Bertz CT molecular complexity index is 986. The Labute approximate surface area is 178 Å². The molecule has 156 valence electrons. The number of methoxy groups -OCH3 is 2. The Morgan fingerprint density at radius 3 is 2.60 bits per heavy atom. The fourth-order valence-electron chi connectivity index (χ4n) is 2.65. The fraction of sp³-hybridized carbons (Fsp3) is 0.200. The number of carbonyl (C=O) groups excluding carboxylic acids is 2. The van der Waals surface area contributed by atoms with Gasteiger partial charge in [0.05, 0.1) is 26.9 Å². The van der Waals surface area contributed by atoms with Crippen LogP contribution < -0.4 is 25.5 Å². The summed E-state index contributed by atoms with van der Waals surface area (Å²) in [5, 5.41) is 9.81. The van der Waals surface area contributed by atoms with Gasteiger partial charge in [0.2, 0.25) is 11.9 Å². The van der Waals surface area contributed by atoms with Crippen LogP contribution in [0.5, 0.6) is 11.5 Å². The van der Waals surface area contributed by atoms with Gasteiger partial charge in [-0.05, 0) is 6.07 Å². The maximum atomic E-state index is 12.3. The number of hydrogen-bond donors (Lipinski definition) is 3. The molecular formula is C20H20ClN5O4. The average Bonchev–Trinajstić information content (AvgIpc) is 3.07. The molecule has 3 N–H and O–H groups in total. The normalized spacial score (nSPS) is 15.5. The predicted octanol–water partition coefficient (Wildman–Crippen LogP) is 2.16. The molecule has 1 aliphatic rings. The number of aliphatic imine (C=N–C) groups is 1. The molecule has 1 heterocycles. The van der Waals surface area contributed by atoms with Crippen molar-refractivity contribution in [2.75, 3.05) is 19.5 Å². The van der Waals surface area contributed by atoms with Crippen molar-refractivity contribution in [2.45, 2.75) is 12.5 Å². The van der Waals surface area contributed by atoms with Crippen LogP contribution in [0.25, 0.3) is 0 Å². The number of hydrazone groups is 1. The van der Waals surface area contributed by atoms with Gasteiger partial charge in [0.1, 0.15) is 17.5 Å². The molecule has 30 heavy (non-hydrogen) atoms. The van der Waals surface area contributed by atoms with Gasteiger partial charge in [0.25, 0.3) is 5.91 Å². The maximum absolute atomic E-state index is 12.3. The smallest absolute Gasteiger partial charge is 0.252 e. The number of anilines is 1. The fourth-order valence-corrected chi connectivity index (χ4v) is 2.84. The van der Waals surface area contributed by atoms with Crippen molar-refractivity contribution in [1.82, 2.24) is 10.7 Å². The van der Waals surface area contributed by atoms with Gasteiger partial charge in [0.15, 0.2) is 0 Å². The Morgan fingerprint density at radius 1 is 1.23 bits per heavy atom. The predicted molar refractivity (Wildman–Crippen MR) is 114 cm³/mol. The van der Waals surface area contributed by atoms with Crippen LogP contribution in [0.1, 0.15) is 12.0 Å². The van der Waals surface area contributed by atoms with E-state index in [0.29, 0.717) is 27.8 Å². The van der Waals surface area contributed by atoms with E-state index in [1.54, 1.807) is 30.3 Å². The van der Waals surface area contributed by atoms with Crippen molar-refractivity contribution in [3.8, 4) is 11.5 Å². The van der Waals surface area contributed by atoms with Crippen molar-refractivity contribution in [3.63, 3.8) is 0 Å². The molecule has 0 aliphatic carbocycles. The molecule has 0 fully saturated rings. The number of nitrogens with zero attached hydrogens (tertiary/aromatic N) is 2. The first-order valence-corrected chi connectivity index (χ1v) is 9.31. The van der Waals surface area contributed by atoms with Crippen LogP contribution in [0.15, 0.2) is 52.6 Å². The van der Waals surface area contributed by atoms with E-state index in [9.17, 15) is 9.59 Å². The Hall–Kier alpha value is -3.59. The molecule has 1 aliphatic heterocycles. The monoisotopic (exact) mass is 429 g/mol. The molecule has 1 unspecified atom stereocenters. The lowest BCUT2D eigenvalue weighted by molar-refractivity contribution is -0.123. The summed E-state index contributed by atoms with van der Waals surface area (Å²) in [4.78, 5) is 28.6. The molecule has 10 heteroatoms. The highest BCUT2D eigenvalue weighted by molar-refractivity contribution is 6.33. The second-order valence-electron chi connectivity index (χ2n) is 6.23. The standard InChI is InChI=1S/C20H20ClN5O4/c1-29-14-7-13(8-15(9-14)30-2)23-18(27)10-17-19(28)25-20(24-17)26-22-11-12-5-3-4-6-16(12)21/h3-9,11,17H,10H2,1-2H3,(H,23,27)(H2,24,25,26,28)/b22-11+. The average molecular weight is 430 g/mol. The first-order valence-electron chi connectivity index (χ1n) is 8.93. The van der Waals surface area contributed by atoms with Crippen LogP contribution in [-0.4, -0.2) is 44.2 Å². The summed E-state index contributed by atoms with van der Waals surface area (Å²) in [5.74, 6) is 0.441. The Kier molecular flexibility index (Phi) is 6.87. The van der Waals surface area contributed by atoms with E-state index in [4.69, 9.17) is 21.1 Å². The minimum absolute atomic E-state index is 0.134. The van der Waals surface area contributed by atoms with E-state index in [2.05, 4.69) is 26.2 Å². The Balaban J connectivity index is 1.58. The first kappa shape index (κ1) is 21.1. The van der Waals surface area contributed by atoms with Crippen LogP contribution in [0.2, 0.25) is 5.02 Å². The van der Waals surface area contributed by atoms with Gasteiger partial charge in [-0.2, -0.15) is 5.10 Å². The zero-order valence-corrected chi connectivity index (χ0v) is 17.1. The molecule has 0 radical (unpaired) electrons. The number of guanidine groups is 1. The summed E-state index contributed by atoms with van der Waals surface area (Å²) in [5.41, 5.74) is 3.83. The van der Waals surface area contributed by atoms with E-state index in [1.807, 2.05) is 12.1 Å². The third kappa shape index (κ3) is 5.48. The van der Waals surface area contributed by atoms with Crippen molar-refractivity contribution < 1.29 is 19.1 Å². The molecule has 9 nitrogen and oxygen atoms in total. The summed E-state index contributed by atoms with van der Waals surface area (Å²) >= 11 is 6.05. The number of ether oxygens (including phenoxy) is 2. The second kappa shape index (κ2) is 9.75. The zero-order chi connectivity index (χ0) is 21.5. The summed E-state index contributed by atoms with van der Waals surface area (Å²) in [6, 6.07) is 11.3. The molecule has 0 saturated carbocycles. The number of hydrogen-bond acceptors (Lipinski definition) is 7. The van der Waals surface area contributed by atoms with E-state index in [1.165, 1.54) is 20.4 Å². The number of nitrogens with one attached hydrogen (secondary N) is 3. The van der Waals surface area contributed by atoms with Gasteiger partial charge >= 0.3 is 0 Å². The topological polar surface area (TPSA) is 113 Å². The maximum Gasteiger partial charge on any atom is 0.252 e. The van der Waals surface area contributed by atoms with E-state index >= 15 is 0 Å². The SMILES string of the molecule is COc1cc(NC(=O)CC2N=C(N/N=C/c3ccccc3Cl)NC2=O)cc(OC)c1. The lowest BCUT2D eigenvalue weighted by Gasteiger charge is -2.10. The van der Waals surface area contributed by atoms with Crippen molar-refractivity contribution >= 4 is 41.3 Å². The lowest BCUT2D eigenvalue weighted by Crippen LogP contribution is -2.35. The summed E-state index contributed by atoms with van der Waals surface area (Å²) in [6.45, 7) is 0. The highest BCUT2D eigenvalue weighted by Gasteiger charge is 2.28. The molecule has 3 rings (SSSR count). The summed E-state index contributed by atoms with van der Waals surface area (Å²) in [6.07, 6.45) is 1.37. The van der Waals surface area contributed by atoms with Crippen LogP contribution in [0.3, 0.4) is 0 Å². The zero-order valence-electron chi connectivity index (χ0n) is 16.3. The molecule has 0 aromatic heterocycles. The molecule has 2 amide bonds. The molecule has 1 atom stereocenters. The summed E-state index contributed by atoms with van der Waals surface area (Å²) in [7, 11) is 3.03. The highest BCUT2D eigenvalue weighted by Crippen LogP contribution is 2.26. The first-order chi connectivity index (χ1) is 14.5. The van der Waals surface area contributed by atoms with Crippen LogP contribution >= 0.6 is 11.6 Å². The lowest BCUT2D eigenvalue weighted by atomic mass is 10.2. The number of amides is 2. The van der Waals surface area contributed by atoms with Crippen molar-refractivity contribution in [2.24, 2.45) is 10.1 Å². The summed E-state index contributed by atoms with van der Waals surface area (Å²) < 4.78 is 10.3. The minimum Gasteiger partial charge on any atom is -0.497 e. The van der Waals surface area contributed by atoms with E-state index in [0.717, 1.165) is 0 Å². The van der Waals surface area contributed by atoms with E-state index < -0.39 is 11.9 Å². The van der Waals surface area contributed by atoms with E-state index in [-0.39, 0.29) is 18.3 Å². The molecule has 2 aromatic carbocycles. The van der Waals surface area contributed by atoms with Crippen LogP contribution in [0.4, 0.5) is 5.69 Å². The number of halogens is 1. The van der Waals surface area contributed by atoms with Gasteiger partial charge < -0.3 is 14.8 Å². The quantitative estimate of drug-likeness (QED) is 0.461. The molecular weight excluding hydrogens is 410 g/mol. The van der Waals surface area contributed by atoms with Gasteiger partial charge in [0, 0.05) is 34.5 Å². The minimum atomic E-state index is -0.865. The third-order valence-corrected chi connectivity index (χ3v) is 4.47. The van der Waals surface area contributed by atoms with Gasteiger partial charge in [-0.3, -0.25) is 14.9 Å². The Morgan fingerprint density at radius 2 is 1.93 bits per heavy atom. The van der Waals surface area contributed by atoms with Crippen molar-refractivity contribution in [1.29, 1.82) is 0 Å². The molecule has 0 bridgehead atoms. The van der Waals surface area contributed by atoms with Gasteiger partial charge in [-0.1, -0.05) is 29.8 Å². The molecule has 0 spiro atoms. The number of carbonyl (C=O) groups is 2. The largest absolute Gasteiger partial charge is 0.497 e. The molecule has 2 aromatic rings. The van der Waals surface area contributed by atoms with Crippen LogP contribution in [-0.2, 0) is 9.59 Å². The number of rotatable bonds is 7. The molecule has 0 saturated heterocycles. The third-order valence-electron chi connectivity index (χ3n) is 4.12. The van der Waals surface area contributed by atoms with Gasteiger partial charge in [-0.25, -0.2) is 10.4 Å². The number of benzene rings is 2. The second-order valence-corrected chi connectivity index (χ2v) is 6.64. The highest BCUT2D eigenvalue weighted by atomic mass is 35.5. The van der Waals surface area contributed by atoms with Crippen molar-refractivity contribution in [3.05, 3.63) is 53.1 Å². The van der Waals surface area contributed by atoms with Gasteiger partial charge in [-0.15, -0.1) is 0 Å². The van der Waals surface area contributed by atoms with Crippen LogP contribution in [0, 0.1) is 0 Å².